The van der Waals surface area contributed by atoms with E-state index < -0.39 is 12.0 Å². The molecule has 0 aliphatic rings. The molecule has 26 heavy (non-hydrogen) atoms. The first-order valence-corrected chi connectivity index (χ1v) is 8.14. The number of hydrogen-bond donors (Lipinski definition) is 2. The molecule has 1 atom stereocenters. The minimum absolute atomic E-state index is 0.0799. The predicted octanol–water partition coefficient (Wildman–Crippen LogP) is 2.42. The quantitative estimate of drug-likeness (QED) is 0.677. The molecule has 1 aromatic carbocycles. The topological polar surface area (TPSA) is 97.5 Å². The monoisotopic (exact) mass is 353 g/mol. The Balaban J connectivity index is 1.50. The van der Waals surface area contributed by atoms with E-state index in [0.717, 1.165) is 11.3 Å². The molecule has 2 heterocycles. The number of rotatable bonds is 7. The Morgan fingerprint density at radius 3 is 2.81 bits per heavy atom. The average molecular weight is 353 g/mol. The van der Waals surface area contributed by atoms with Gasteiger partial charge in [-0.05, 0) is 24.6 Å². The number of ether oxygens (including phenoxy) is 1. The summed E-state index contributed by atoms with van der Waals surface area (Å²) in [6, 6.07) is 14.3. The zero-order valence-corrected chi connectivity index (χ0v) is 14.3. The smallest absolute Gasteiger partial charge is 0.273 e. The van der Waals surface area contributed by atoms with Gasteiger partial charge in [0.05, 0.1) is 12.3 Å². The van der Waals surface area contributed by atoms with Crippen LogP contribution in [0, 0.1) is 6.92 Å². The minimum Gasteiger partial charge on any atom is -0.484 e. The highest BCUT2D eigenvalue weighted by Gasteiger charge is 2.15. The number of amides is 1. The minimum atomic E-state index is -0.788. The molecule has 1 amide bonds. The molecule has 0 bridgehead atoms. The standard InChI is InChI=1S/C19H19N3O4/c1-13-7-8-15(10-20-13)25-12-16-9-17(22-26-16)19(24)21-11-18(23)14-5-3-2-4-6-14/h2-10,18,23H,11-12H2,1H3,(H,21,24)/t18-/m0/s1. The van der Waals surface area contributed by atoms with Crippen molar-refractivity contribution in [2.24, 2.45) is 0 Å². The van der Waals surface area contributed by atoms with Gasteiger partial charge < -0.3 is 19.7 Å². The molecule has 0 radical (unpaired) electrons. The maximum Gasteiger partial charge on any atom is 0.273 e. The molecule has 134 valence electrons. The van der Waals surface area contributed by atoms with Crippen LogP contribution < -0.4 is 10.1 Å². The second-order valence-corrected chi connectivity index (χ2v) is 5.74. The number of benzene rings is 1. The van der Waals surface area contributed by atoms with Crippen molar-refractivity contribution < 1.29 is 19.2 Å². The SMILES string of the molecule is Cc1ccc(OCc2cc(C(=O)NC[C@H](O)c3ccccc3)no2)cn1. The van der Waals surface area contributed by atoms with Gasteiger partial charge in [0.25, 0.3) is 5.91 Å². The number of nitrogens with one attached hydrogen (secondary N) is 1. The van der Waals surface area contributed by atoms with Crippen molar-refractivity contribution >= 4 is 5.91 Å². The first kappa shape index (κ1) is 17.6. The van der Waals surface area contributed by atoms with E-state index in [9.17, 15) is 9.90 Å². The van der Waals surface area contributed by atoms with Gasteiger partial charge in [0.2, 0.25) is 0 Å². The number of carbonyl (C=O) groups excluding carboxylic acids is 1. The fourth-order valence-corrected chi connectivity index (χ4v) is 2.26. The summed E-state index contributed by atoms with van der Waals surface area (Å²) in [5, 5.41) is 16.4. The van der Waals surface area contributed by atoms with Gasteiger partial charge in [0, 0.05) is 18.3 Å². The molecule has 2 aromatic heterocycles. The van der Waals surface area contributed by atoms with Crippen LogP contribution in [0.5, 0.6) is 5.75 Å². The molecular weight excluding hydrogens is 334 g/mol. The normalized spacial score (nSPS) is 11.8. The molecule has 0 saturated heterocycles. The molecular formula is C19H19N3O4. The van der Waals surface area contributed by atoms with Crippen LogP contribution in [0.3, 0.4) is 0 Å². The van der Waals surface area contributed by atoms with Crippen LogP contribution in [-0.4, -0.2) is 27.7 Å². The Morgan fingerprint density at radius 2 is 2.08 bits per heavy atom. The molecule has 7 heteroatoms. The maximum absolute atomic E-state index is 12.1. The second kappa shape index (κ2) is 8.26. The van der Waals surface area contributed by atoms with Crippen molar-refractivity contribution in [2.45, 2.75) is 19.6 Å². The number of aromatic nitrogens is 2. The van der Waals surface area contributed by atoms with Crippen molar-refractivity contribution in [3.63, 3.8) is 0 Å². The van der Waals surface area contributed by atoms with Gasteiger partial charge in [-0.25, -0.2) is 0 Å². The van der Waals surface area contributed by atoms with E-state index in [1.165, 1.54) is 6.07 Å². The van der Waals surface area contributed by atoms with Crippen molar-refractivity contribution in [3.8, 4) is 5.75 Å². The number of aliphatic hydroxyl groups excluding tert-OH is 1. The fourth-order valence-electron chi connectivity index (χ4n) is 2.26. The molecule has 3 aromatic rings. The first-order chi connectivity index (χ1) is 12.6. The Bertz CT molecular complexity index is 847. The van der Waals surface area contributed by atoms with E-state index in [0.29, 0.717) is 11.5 Å². The number of nitrogens with zero attached hydrogens (tertiary/aromatic N) is 2. The molecule has 0 saturated carbocycles. The van der Waals surface area contributed by atoms with Gasteiger partial charge in [0.15, 0.2) is 11.5 Å². The predicted molar refractivity (Wildman–Crippen MR) is 93.5 cm³/mol. The summed E-state index contributed by atoms with van der Waals surface area (Å²) in [6.45, 7) is 2.11. The average Bonchev–Trinajstić information content (AvgIpc) is 3.15. The number of hydrogen-bond acceptors (Lipinski definition) is 6. The Morgan fingerprint density at radius 1 is 1.27 bits per heavy atom. The Labute approximate surface area is 150 Å². The van der Waals surface area contributed by atoms with Gasteiger partial charge >= 0.3 is 0 Å². The lowest BCUT2D eigenvalue weighted by Crippen LogP contribution is -2.28. The first-order valence-electron chi connectivity index (χ1n) is 8.14. The van der Waals surface area contributed by atoms with E-state index in [2.05, 4.69) is 15.5 Å². The summed E-state index contributed by atoms with van der Waals surface area (Å²) in [7, 11) is 0. The maximum atomic E-state index is 12.1. The second-order valence-electron chi connectivity index (χ2n) is 5.74. The summed E-state index contributed by atoms with van der Waals surface area (Å²) in [4.78, 5) is 16.2. The highest BCUT2D eigenvalue weighted by atomic mass is 16.5. The summed E-state index contributed by atoms with van der Waals surface area (Å²) in [6.07, 6.45) is 0.827. The van der Waals surface area contributed by atoms with Gasteiger partial charge in [-0.2, -0.15) is 0 Å². The fraction of sp³-hybridized carbons (Fsp3) is 0.211. The number of pyridine rings is 1. The van der Waals surface area contributed by atoms with Crippen molar-refractivity contribution in [1.82, 2.24) is 15.5 Å². The van der Waals surface area contributed by atoms with E-state index in [1.807, 2.05) is 31.2 Å². The summed E-state index contributed by atoms with van der Waals surface area (Å²) >= 11 is 0. The molecule has 0 spiro atoms. The summed E-state index contributed by atoms with van der Waals surface area (Å²) in [5.74, 6) is 0.593. The van der Waals surface area contributed by atoms with Gasteiger partial charge in [0.1, 0.15) is 12.4 Å². The molecule has 7 nitrogen and oxygen atoms in total. The van der Waals surface area contributed by atoms with Crippen molar-refractivity contribution in [2.75, 3.05) is 6.54 Å². The summed E-state index contributed by atoms with van der Waals surface area (Å²) in [5.41, 5.74) is 1.76. The largest absolute Gasteiger partial charge is 0.484 e. The van der Waals surface area contributed by atoms with E-state index in [-0.39, 0.29) is 18.8 Å². The summed E-state index contributed by atoms with van der Waals surface area (Å²) < 4.78 is 10.6. The Kier molecular flexibility index (Phi) is 5.60. The molecule has 0 fully saturated rings. The van der Waals surface area contributed by atoms with Crippen LogP contribution in [-0.2, 0) is 6.61 Å². The third kappa shape index (κ3) is 4.67. The number of aryl methyl sites for hydroxylation is 1. The molecule has 3 rings (SSSR count). The van der Waals surface area contributed by atoms with E-state index >= 15 is 0 Å². The van der Waals surface area contributed by atoms with E-state index in [4.69, 9.17) is 9.26 Å². The van der Waals surface area contributed by atoms with Gasteiger partial charge in [-0.15, -0.1) is 0 Å². The number of aliphatic hydroxyl groups is 1. The van der Waals surface area contributed by atoms with Crippen molar-refractivity contribution in [1.29, 1.82) is 0 Å². The van der Waals surface area contributed by atoms with Gasteiger partial charge in [-0.1, -0.05) is 35.5 Å². The van der Waals surface area contributed by atoms with Crippen molar-refractivity contribution in [3.05, 3.63) is 77.4 Å². The lowest BCUT2D eigenvalue weighted by molar-refractivity contribution is 0.0907. The van der Waals surface area contributed by atoms with Crippen LogP contribution >= 0.6 is 0 Å². The lowest BCUT2D eigenvalue weighted by Gasteiger charge is -2.11. The van der Waals surface area contributed by atoms with E-state index in [1.54, 1.807) is 24.4 Å². The zero-order chi connectivity index (χ0) is 18.4. The van der Waals surface area contributed by atoms with Crippen LogP contribution in [0.25, 0.3) is 0 Å². The van der Waals surface area contributed by atoms with Crippen LogP contribution in [0.1, 0.15) is 33.6 Å². The molecule has 2 N–H and O–H groups in total. The van der Waals surface area contributed by atoms with Crippen LogP contribution in [0.15, 0.2) is 59.3 Å². The highest BCUT2D eigenvalue weighted by molar-refractivity contribution is 5.92. The third-order valence-corrected chi connectivity index (χ3v) is 3.70. The highest BCUT2D eigenvalue weighted by Crippen LogP contribution is 2.13. The van der Waals surface area contributed by atoms with Crippen LogP contribution in [0.4, 0.5) is 0 Å². The molecule has 0 aliphatic carbocycles. The third-order valence-electron chi connectivity index (χ3n) is 3.70. The van der Waals surface area contributed by atoms with Crippen LogP contribution in [0.2, 0.25) is 0 Å². The zero-order valence-electron chi connectivity index (χ0n) is 14.3. The molecule has 0 aliphatic heterocycles. The van der Waals surface area contributed by atoms with Gasteiger partial charge in [-0.3, -0.25) is 9.78 Å². The lowest BCUT2D eigenvalue weighted by atomic mass is 10.1. The number of carbonyl (C=O) groups is 1. The molecule has 0 unspecified atom stereocenters. The Hall–Kier alpha value is -3.19.